The second-order valence-corrected chi connectivity index (χ2v) is 5.75. The minimum absolute atomic E-state index is 0.144. The number of benzene rings is 3. The van der Waals surface area contributed by atoms with Gasteiger partial charge in [-0.05, 0) is 24.3 Å². The monoisotopic (exact) mass is 340 g/mol. The largest absolute Gasteiger partial charge is 0.349 e. The highest BCUT2D eigenvalue weighted by molar-refractivity contribution is 6.09. The Morgan fingerprint density at radius 1 is 0.962 bits per heavy atom. The molecular weight excluding hydrogens is 328 g/mol. The Kier molecular flexibility index (Phi) is 3.67. The van der Waals surface area contributed by atoms with Crippen LogP contribution in [-0.4, -0.2) is 9.91 Å². The van der Waals surface area contributed by atoms with Gasteiger partial charge in [0.05, 0.1) is 33.3 Å². The Labute approximate surface area is 148 Å². The number of para-hydroxylation sites is 2. The quantitative estimate of drug-likeness (QED) is 0.325. The lowest BCUT2D eigenvalue weighted by Gasteiger charge is -2.13. The van der Waals surface area contributed by atoms with E-state index < -0.39 is 4.92 Å². The Morgan fingerprint density at radius 2 is 1.58 bits per heavy atom. The molecule has 0 aliphatic heterocycles. The van der Waals surface area contributed by atoms with Crippen molar-refractivity contribution in [2.75, 3.05) is 5.32 Å². The summed E-state index contributed by atoms with van der Waals surface area (Å²) in [5, 5.41) is 25.4. The zero-order valence-corrected chi connectivity index (χ0v) is 13.5. The van der Waals surface area contributed by atoms with Crippen molar-refractivity contribution in [3.05, 3.63) is 82.4 Å². The standard InChI is InChI=1S/C20H12N4O2/c21-12-13-9-10-18(19(11-13)24(25)26)23-20-14-5-1-3-7-16(14)22-17-8-4-2-6-15(17)20/h1-11H,(H,22,23). The number of nitriles is 1. The molecule has 0 spiro atoms. The van der Waals surface area contributed by atoms with Crippen molar-refractivity contribution in [1.82, 2.24) is 4.98 Å². The molecule has 4 aromatic rings. The topological polar surface area (TPSA) is 91.8 Å². The molecule has 1 N–H and O–H groups in total. The van der Waals surface area contributed by atoms with Crippen LogP contribution < -0.4 is 5.32 Å². The van der Waals surface area contributed by atoms with Crippen molar-refractivity contribution in [3.8, 4) is 6.07 Å². The number of pyridine rings is 1. The van der Waals surface area contributed by atoms with Crippen LogP contribution in [0.2, 0.25) is 0 Å². The van der Waals surface area contributed by atoms with E-state index in [1.807, 2.05) is 54.6 Å². The molecule has 6 nitrogen and oxygen atoms in total. The molecular formula is C20H12N4O2. The number of nitro benzene ring substituents is 1. The summed E-state index contributed by atoms with van der Waals surface area (Å²) < 4.78 is 0. The average Bonchev–Trinajstić information content (AvgIpc) is 2.67. The van der Waals surface area contributed by atoms with E-state index in [0.717, 1.165) is 27.5 Å². The van der Waals surface area contributed by atoms with E-state index in [-0.39, 0.29) is 11.3 Å². The highest BCUT2D eigenvalue weighted by atomic mass is 16.6. The molecule has 6 heteroatoms. The highest BCUT2D eigenvalue weighted by Gasteiger charge is 2.17. The predicted molar refractivity (Wildman–Crippen MR) is 100 cm³/mol. The summed E-state index contributed by atoms with van der Waals surface area (Å²) in [6.45, 7) is 0. The summed E-state index contributed by atoms with van der Waals surface area (Å²) in [6.07, 6.45) is 0. The molecule has 124 valence electrons. The first-order chi connectivity index (χ1) is 12.7. The lowest BCUT2D eigenvalue weighted by molar-refractivity contribution is -0.383. The fraction of sp³-hybridized carbons (Fsp3) is 0. The average molecular weight is 340 g/mol. The Hall–Kier alpha value is -3.98. The van der Waals surface area contributed by atoms with Crippen LogP contribution in [0, 0.1) is 21.4 Å². The van der Waals surface area contributed by atoms with E-state index >= 15 is 0 Å². The van der Waals surface area contributed by atoms with Gasteiger partial charge >= 0.3 is 0 Å². The van der Waals surface area contributed by atoms with Gasteiger partial charge in [-0.2, -0.15) is 5.26 Å². The third kappa shape index (κ3) is 2.58. The molecule has 1 aromatic heterocycles. The van der Waals surface area contributed by atoms with Crippen LogP contribution in [0.1, 0.15) is 5.56 Å². The maximum absolute atomic E-state index is 11.5. The molecule has 0 saturated heterocycles. The van der Waals surface area contributed by atoms with E-state index in [1.165, 1.54) is 6.07 Å². The number of aromatic nitrogens is 1. The fourth-order valence-corrected chi connectivity index (χ4v) is 2.97. The lowest BCUT2D eigenvalue weighted by atomic mass is 10.1. The Balaban J connectivity index is 1.98. The van der Waals surface area contributed by atoms with Gasteiger partial charge in [-0.25, -0.2) is 4.98 Å². The molecule has 0 saturated carbocycles. The summed E-state index contributed by atoms with van der Waals surface area (Å²) in [4.78, 5) is 15.6. The molecule has 0 aliphatic carbocycles. The molecule has 4 rings (SSSR count). The Bertz CT molecular complexity index is 1160. The van der Waals surface area contributed by atoms with Gasteiger partial charge in [0.1, 0.15) is 5.69 Å². The van der Waals surface area contributed by atoms with Gasteiger partial charge in [0.25, 0.3) is 5.69 Å². The molecule has 1 heterocycles. The molecule has 0 fully saturated rings. The smallest absolute Gasteiger partial charge is 0.293 e. The zero-order valence-electron chi connectivity index (χ0n) is 13.5. The number of hydrogen-bond acceptors (Lipinski definition) is 5. The number of nitro groups is 1. The van der Waals surface area contributed by atoms with Crippen LogP contribution in [-0.2, 0) is 0 Å². The first-order valence-corrected chi connectivity index (χ1v) is 7.90. The van der Waals surface area contributed by atoms with Gasteiger partial charge in [0.15, 0.2) is 0 Å². The number of nitrogens with zero attached hydrogens (tertiary/aromatic N) is 3. The van der Waals surface area contributed by atoms with Gasteiger partial charge in [-0.3, -0.25) is 10.1 Å². The summed E-state index contributed by atoms with van der Waals surface area (Å²) in [7, 11) is 0. The first-order valence-electron chi connectivity index (χ1n) is 7.90. The number of nitrogens with one attached hydrogen (secondary N) is 1. The van der Waals surface area contributed by atoms with Crippen LogP contribution in [0.4, 0.5) is 17.1 Å². The van der Waals surface area contributed by atoms with Crippen LogP contribution in [0.3, 0.4) is 0 Å². The molecule has 0 unspecified atom stereocenters. The highest BCUT2D eigenvalue weighted by Crippen LogP contribution is 2.36. The van der Waals surface area contributed by atoms with Crippen LogP contribution in [0.5, 0.6) is 0 Å². The van der Waals surface area contributed by atoms with Crippen LogP contribution >= 0.6 is 0 Å². The van der Waals surface area contributed by atoms with Crippen LogP contribution in [0.15, 0.2) is 66.7 Å². The van der Waals surface area contributed by atoms with E-state index in [2.05, 4.69) is 10.3 Å². The van der Waals surface area contributed by atoms with Crippen molar-refractivity contribution in [3.63, 3.8) is 0 Å². The SMILES string of the molecule is N#Cc1ccc(Nc2c3ccccc3nc3ccccc23)c([N+](=O)[O-])c1. The first kappa shape index (κ1) is 15.5. The number of fused-ring (bicyclic) bond motifs is 2. The predicted octanol–water partition coefficient (Wildman–Crippen LogP) is 4.91. The van der Waals surface area contributed by atoms with Crippen molar-refractivity contribution >= 4 is 38.9 Å². The van der Waals surface area contributed by atoms with E-state index in [9.17, 15) is 10.1 Å². The summed E-state index contributed by atoms with van der Waals surface area (Å²) in [5.74, 6) is 0. The normalized spacial score (nSPS) is 10.6. The van der Waals surface area contributed by atoms with Gasteiger partial charge in [0.2, 0.25) is 0 Å². The maximum atomic E-state index is 11.5. The van der Waals surface area contributed by atoms with Crippen LogP contribution in [0.25, 0.3) is 21.8 Å². The third-order valence-electron chi connectivity index (χ3n) is 4.17. The number of rotatable bonds is 3. The number of hydrogen-bond donors (Lipinski definition) is 1. The molecule has 0 bridgehead atoms. The molecule has 26 heavy (non-hydrogen) atoms. The fourth-order valence-electron chi connectivity index (χ4n) is 2.97. The van der Waals surface area contributed by atoms with Gasteiger partial charge in [-0.15, -0.1) is 0 Å². The van der Waals surface area contributed by atoms with Gasteiger partial charge < -0.3 is 5.32 Å². The second kappa shape index (κ2) is 6.15. The zero-order chi connectivity index (χ0) is 18.1. The Morgan fingerprint density at radius 3 is 2.15 bits per heavy atom. The summed E-state index contributed by atoms with van der Waals surface area (Å²) >= 11 is 0. The molecule has 0 amide bonds. The molecule has 3 aromatic carbocycles. The number of anilines is 2. The van der Waals surface area contributed by atoms with Gasteiger partial charge in [0, 0.05) is 16.8 Å². The van der Waals surface area contributed by atoms with E-state index in [4.69, 9.17) is 5.26 Å². The lowest BCUT2D eigenvalue weighted by Crippen LogP contribution is -1.99. The molecule has 0 radical (unpaired) electrons. The van der Waals surface area contributed by atoms with Crippen molar-refractivity contribution in [2.24, 2.45) is 0 Å². The molecule has 0 aliphatic rings. The van der Waals surface area contributed by atoms with Crippen molar-refractivity contribution in [1.29, 1.82) is 5.26 Å². The molecule has 0 atom stereocenters. The van der Waals surface area contributed by atoms with E-state index in [1.54, 1.807) is 12.1 Å². The van der Waals surface area contributed by atoms with Gasteiger partial charge in [-0.1, -0.05) is 36.4 Å². The van der Waals surface area contributed by atoms with Crippen molar-refractivity contribution < 1.29 is 4.92 Å². The summed E-state index contributed by atoms with van der Waals surface area (Å²) in [5.41, 5.74) is 2.77. The van der Waals surface area contributed by atoms with E-state index in [0.29, 0.717) is 5.69 Å². The second-order valence-electron chi connectivity index (χ2n) is 5.75. The summed E-state index contributed by atoms with van der Waals surface area (Å²) in [6, 6.07) is 21.6. The minimum Gasteiger partial charge on any atom is -0.349 e. The minimum atomic E-state index is -0.491. The van der Waals surface area contributed by atoms with Crippen molar-refractivity contribution in [2.45, 2.75) is 0 Å². The third-order valence-corrected chi connectivity index (χ3v) is 4.17. The maximum Gasteiger partial charge on any atom is 0.293 e.